The van der Waals surface area contributed by atoms with Gasteiger partial charge in [0.15, 0.2) is 0 Å². The maximum Gasteiger partial charge on any atom is 0.336 e. The van der Waals surface area contributed by atoms with E-state index in [0.29, 0.717) is 5.56 Å². The maximum absolute atomic E-state index is 11.1. The topological polar surface area (TPSA) is 37.3 Å². The Morgan fingerprint density at radius 2 is 2.06 bits per heavy atom. The highest BCUT2D eigenvalue weighted by molar-refractivity contribution is 6.04. The summed E-state index contributed by atoms with van der Waals surface area (Å²) in [6.45, 7) is 0. The predicted octanol–water partition coefficient (Wildman–Crippen LogP) is 3.11. The molecule has 0 saturated carbocycles. The molecule has 2 heteroatoms. The lowest BCUT2D eigenvalue weighted by Crippen LogP contribution is -2.03. The normalized spacial score (nSPS) is 13.0. The highest BCUT2D eigenvalue weighted by Crippen LogP contribution is 2.30. The molecule has 2 nitrogen and oxygen atoms in total. The molecule has 0 aromatic heterocycles. The number of carbonyl (C=O) groups is 1. The zero-order valence-corrected chi connectivity index (χ0v) is 8.60. The molecule has 78 valence electrons. The van der Waals surface area contributed by atoms with Crippen molar-refractivity contribution in [3.8, 4) is 0 Å². The van der Waals surface area contributed by atoms with Crippen LogP contribution in [0.1, 0.15) is 21.5 Å². The first-order chi connectivity index (χ1) is 7.77. The van der Waals surface area contributed by atoms with Crippen molar-refractivity contribution >= 4 is 22.8 Å². The van der Waals surface area contributed by atoms with E-state index in [1.165, 1.54) is 5.56 Å². The Hall–Kier alpha value is -2.09. The van der Waals surface area contributed by atoms with E-state index in [1.54, 1.807) is 6.07 Å². The van der Waals surface area contributed by atoms with Crippen molar-refractivity contribution in [2.24, 2.45) is 0 Å². The average Bonchev–Trinajstić information content (AvgIpc) is 2.30. The molecule has 3 rings (SSSR count). The van der Waals surface area contributed by atoms with Gasteiger partial charge in [0.2, 0.25) is 0 Å². The summed E-state index contributed by atoms with van der Waals surface area (Å²) in [6.07, 6.45) is 4.82. The SMILES string of the molecule is O=C(O)c1ccc2cccc3c2c1C=CC3. The van der Waals surface area contributed by atoms with Gasteiger partial charge in [-0.1, -0.05) is 36.4 Å². The van der Waals surface area contributed by atoms with E-state index in [1.807, 2.05) is 30.4 Å². The zero-order chi connectivity index (χ0) is 11.1. The van der Waals surface area contributed by atoms with Crippen molar-refractivity contribution in [3.63, 3.8) is 0 Å². The van der Waals surface area contributed by atoms with Gasteiger partial charge < -0.3 is 5.11 Å². The predicted molar refractivity (Wildman–Crippen MR) is 63.6 cm³/mol. The Balaban J connectivity index is 2.49. The number of hydrogen-bond acceptors (Lipinski definition) is 1. The van der Waals surface area contributed by atoms with Crippen LogP contribution in [0.15, 0.2) is 36.4 Å². The summed E-state index contributed by atoms with van der Waals surface area (Å²) in [7, 11) is 0. The number of allylic oxidation sites excluding steroid dienone is 1. The summed E-state index contributed by atoms with van der Waals surface area (Å²) >= 11 is 0. The third kappa shape index (κ3) is 1.16. The summed E-state index contributed by atoms with van der Waals surface area (Å²) in [5, 5.41) is 11.3. The summed E-state index contributed by atoms with van der Waals surface area (Å²) in [6, 6.07) is 9.65. The van der Waals surface area contributed by atoms with Crippen LogP contribution in [0.2, 0.25) is 0 Å². The number of rotatable bonds is 1. The molecule has 0 fully saturated rings. The average molecular weight is 210 g/mol. The van der Waals surface area contributed by atoms with Crippen LogP contribution in [0, 0.1) is 0 Å². The summed E-state index contributed by atoms with van der Waals surface area (Å²) in [5.74, 6) is -0.863. The molecule has 1 aliphatic carbocycles. The van der Waals surface area contributed by atoms with Gasteiger partial charge in [0.25, 0.3) is 0 Å². The first-order valence-corrected chi connectivity index (χ1v) is 5.22. The lowest BCUT2D eigenvalue weighted by atomic mass is 9.90. The van der Waals surface area contributed by atoms with Crippen molar-refractivity contribution in [3.05, 3.63) is 53.1 Å². The van der Waals surface area contributed by atoms with Crippen molar-refractivity contribution < 1.29 is 9.90 Å². The van der Waals surface area contributed by atoms with E-state index >= 15 is 0 Å². The number of benzene rings is 2. The second kappa shape index (κ2) is 3.20. The molecule has 1 aliphatic rings. The molecule has 0 bridgehead atoms. The minimum Gasteiger partial charge on any atom is -0.478 e. The number of hydrogen-bond donors (Lipinski definition) is 1. The molecule has 0 radical (unpaired) electrons. The smallest absolute Gasteiger partial charge is 0.336 e. The first kappa shape index (κ1) is 9.16. The van der Waals surface area contributed by atoms with E-state index in [9.17, 15) is 4.79 Å². The third-order valence-corrected chi connectivity index (χ3v) is 3.02. The Morgan fingerprint density at radius 3 is 2.88 bits per heavy atom. The molecule has 0 amide bonds. The van der Waals surface area contributed by atoms with Crippen molar-refractivity contribution in [2.45, 2.75) is 6.42 Å². The minimum atomic E-state index is -0.863. The standard InChI is InChI=1S/C14H10O2/c15-14(16)12-8-7-10-4-1-3-9-5-2-6-11(12)13(9)10/h1-4,6-8H,5H2,(H,15,16). The van der Waals surface area contributed by atoms with Crippen LogP contribution in [-0.4, -0.2) is 11.1 Å². The molecule has 0 aliphatic heterocycles. The second-order valence-corrected chi connectivity index (χ2v) is 3.95. The zero-order valence-electron chi connectivity index (χ0n) is 8.60. The van der Waals surface area contributed by atoms with E-state index < -0.39 is 5.97 Å². The maximum atomic E-state index is 11.1. The van der Waals surface area contributed by atoms with Crippen LogP contribution < -0.4 is 0 Å². The van der Waals surface area contributed by atoms with Crippen molar-refractivity contribution in [1.29, 1.82) is 0 Å². The lowest BCUT2D eigenvalue weighted by molar-refractivity contribution is 0.0697. The summed E-state index contributed by atoms with van der Waals surface area (Å²) in [5.41, 5.74) is 2.43. The van der Waals surface area contributed by atoms with E-state index in [4.69, 9.17) is 5.11 Å². The molecule has 0 heterocycles. The molecular formula is C14H10O2. The van der Waals surface area contributed by atoms with Crippen LogP contribution in [0.5, 0.6) is 0 Å². The highest BCUT2D eigenvalue weighted by atomic mass is 16.4. The Labute approximate surface area is 92.8 Å². The van der Waals surface area contributed by atoms with Gasteiger partial charge >= 0.3 is 5.97 Å². The molecular weight excluding hydrogens is 200 g/mol. The van der Waals surface area contributed by atoms with Gasteiger partial charge in [-0.15, -0.1) is 0 Å². The van der Waals surface area contributed by atoms with Crippen LogP contribution in [0.3, 0.4) is 0 Å². The molecule has 16 heavy (non-hydrogen) atoms. The van der Waals surface area contributed by atoms with Crippen LogP contribution in [-0.2, 0) is 6.42 Å². The summed E-state index contributed by atoms with van der Waals surface area (Å²) in [4.78, 5) is 11.1. The molecule has 2 aromatic carbocycles. The quantitative estimate of drug-likeness (QED) is 0.785. The Kier molecular flexibility index (Phi) is 1.83. The largest absolute Gasteiger partial charge is 0.478 e. The van der Waals surface area contributed by atoms with Gasteiger partial charge in [-0.05, 0) is 34.4 Å². The molecule has 2 aromatic rings. The van der Waals surface area contributed by atoms with E-state index in [2.05, 4.69) is 6.07 Å². The highest BCUT2D eigenvalue weighted by Gasteiger charge is 2.15. The van der Waals surface area contributed by atoms with E-state index in [-0.39, 0.29) is 0 Å². The van der Waals surface area contributed by atoms with Gasteiger partial charge in [-0.3, -0.25) is 0 Å². The fraction of sp³-hybridized carbons (Fsp3) is 0.0714. The lowest BCUT2D eigenvalue weighted by Gasteiger charge is -2.14. The van der Waals surface area contributed by atoms with Crippen molar-refractivity contribution in [2.75, 3.05) is 0 Å². The molecule has 0 unspecified atom stereocenters. The second-order valence-electron chi connectivity index (χ2n) is 3.95. The van der Waals surface area contributed by atoms with Gasteiger partial charge in [0.1, 0.15) is 0 Å². The van der Waals surface area contributed by atoms with Gasteiger partial charge in [-0.2, -0.15) is 0 Å². The molecule has 1 N–H and O–H groups in total. The molecule has 0 atom stereocenters. The molecule has 0 saturated heterocycles. The Morgan fingerprint density at radius 1 is 1.19 bits per heavy atom. The van der Waals surface area contributed by atoms with Gasteiger partial charge in [-0.25, -0.2) is 4.79 Å². The van der Waals surface area contributed by atoms with Crippen LogP contribution >= 0.6 is 0 Å². The number of carboxylic acids is 1. The van der Waals surface area contributed by atoms with Crippen LogP contribution in [0.4, 0.5) is 0 Å². The first-order valence-electron chi connectivity index (χ1n) is 5.22. The fourth-order valence-electron chi connectivity index (χ4n) is 2.32. The minimum absolute atomic E-state index is 0.385. The number of aromatic carboxylic acids is 1. The summed E-state index contributed by atoms with van der Waals surface area (Å²) < 4.78 is 0. The number of carboxylic acid groups (broad SMARTS) is 1. The third-order valence-electron chi connectivity index (χ3n) is 3.02. The molecule has 0 spiro atoms. The van der Waals surface area contributed by atoms with Gasteiger partial charge in [0, 0.05) is 0 Å². The van der Waals surface area contributed by atoms with E-state index in [0.717, 1.165) is 22.8 Å². The van der Waals surface area contributed by atoms with Crippen molar-refractivity contribution in [1.82, 2.24) is 0 Å². The fourth-order valence-corrected chi connectivity index (χ4v) is 2.32. The Bertz CT molecular complexity index is 624. The monoisotopic (exact) mass is 210 g/mol. The van der Waals surface area contributed by atoms with Crippen LogP contribution in [0.25, 0.3) is 16.8 Å². The van der Waals surface area contributed by atoms with Gasteiger partial charge in [0.05, 0.1) is 5.56 Å².